The molecule has 0 amide bonds. The van der Waals surface area contributed by atoms with Crippen molar-refractivity contribution in [3.05, 3.63) is 0 Å². The second-order valence-corrected chi connectivity index (χ2v) is 2.88. The first kappa shape index (κ1) is 49.6. The van der Waals surface area contributed by atoms with Crippen LogP contribution in [0.2, 0.25) is 0 Å². The van der Waals surface area contributed by atoms with E-state index in [1.165, 1.54) is 7.05 Å². The minimum absolute atomic E-state index is 0. The Morgan fingerprint density at radius 3 is 1.35 bits per heavy atom. The quantitative estimate of drug-likeness (QED) is 0.274. The standard InChI is InChI=1S/C5H11N2O.C5H8NO2.CH5N.3CH4.2Y/c1-6-3-5(4-8)7-2;1-6-5(4-8)2-3-7;1-2;;;;;/h5-7H,3H2,1-2H3;3,5-6H,2H2,1H3;2H2,1H3;3*1H4;;/q2*-1;;;;;;. The average molecular weight is 486 g/mol. The summed E-state index contributed by atoms with van der Waals surface area (Å²) >= 11 is 0. The van der Waals surface area contributed by atoms with Gasteiger partial charge in [-0.2, -0.15) is 0 Å². The molecule has 5 N–H and O–H groups in total. The molecule has 138 valence electrons. The molecule has 2 radical (unpaired) electrons. The van der Waals surface area contributed by atoms with Crippen LogP contribution in [0.3, 0.4) is 0 Å². The second-order valence-electron chi connectivity index (χ2n) is 2.88. The molecule has 0 saturated heterocycles. The molecule has 0 bridgehead atoms. The van der Waals surface area contributed by atoms with Crippen molar-refractivity contribution in [2.45, 2.75) is 40.8 Å². The number of hydrogen-bond acceptors (Lipinski definition) is 7. The van der Waals surface area contributed by atoms with E-state index in [4.69, 9.17) is 0 Å². The van der Waals surface area contributed by atoms with Gasteiger partial charge in [-0.15, -0.1) is 0 Å². The molecule has 0 saturated carbocycles. The van der Waals surface area contributed by atoms with Gasteiger partial charge in [-0.3, -0.25) is 0 Å². The van der Waals surface area contributed by atoms with E-state index in [9.17, 15) is 14.4 Å². The van der Waals surface area contributed by atoms with E-state index >= 15 is 0 Å². The molecule has 23 heavy (non-hydrogen) atoms. The van der Waals surface area contributed by atoms with Crippen LogP contribution in [-0.4, -0.2) is 65.7 Å². The van der Waals surface area contributed by atoms with Crippen LogP contribution in [0.15, 0.2) is 0 Å². The van der Waals surface area contributed by atoms with Gasteiger partial charge in [0.1, 0.15) is 6.29 Å². The molecular weight excluding hydrogens is 450 g/mol. The van der Waals surface area contributed by atoms with Crippen LogP contribution in [0.25, 0.3) is 0 Å². The predicted octanol–water partition coefficient (Wildman–Crippen LogP) is -0.345. The van der Waals surface area contributed by atoms with Crippen molar-refractivity contribution in [3.63, 3.8) is 0 Å². The van der Waals surface area contributed by atoms with Crippen molar-refractivity contribution in [1.29, 1.82) is 0 Å². The number of aldehydes is 1. The van der Waals surface area contributed by atoms with Crippen LogP contribution in [0.1, 0.15) is 28.7 Å². The molecule has 0 heterocycles. The molecule has 0 aromatic carbocycles. The van der Waals surface area contributed by atoms with Gasteiger partial charge in [0.25, 0.3) is 0 Å². The van der Waals surface area contributed by atoms with Gasteiger partial charge in [0.05, 0.1) is 0 Å². The minimum Gasteiger partial charge on any atom is -0.540 e. The summed E-state index contributed by atoms with van der Waals surface area (Å²) in [6, 6.07) is -0.590. The Balaban J connectivity index is -0.0000000245. The Labute approximate surface area is 194 Å². The first-order valence-electron chi connectivity index (χ1n) is 5.45. The number of rotatable bonds is 8. The van der Waals surface area contributed by atoms with Gasteiger partial charge in [-0.25, -0.2) is 12.6 Å². The predicted molar refractivity (Wildman–Crippen MR) is 92.0 cm³/mol. The maximum Gasteiger partial charge on any atom is 0.119 e. The fraction of sp³-hybridized carbons (Fsp3) is 0.786. The molecule has 0 aliphatic carbocycles. The molecule has 9 heteroatoms. The van der Waals surface area contributed by atoms with E-state index in [2.05, 4.69) is 21.7 Å². The first-order chi connectivity index (χ1) is 8.69. The van der Waals surface area contributed by atoms with Crippen molar-refractivity contribution < 1.29 is 79.8 Å². The number of likely N-dealkylation sites (N-methyl/N-ethyl adjacent to an activating group) is 3. The third-order valence-electron chi connectivity index (χ3n) is 1.72. The van der Waals surface area contributed by atoms with Gasteiger partial charge in [0.2, 0.25) is 0 Å². The van der Waals surface area contributed by atoms with Gasteiger partial charge in [-0.05, 0) is 41.2 Å². The fourth-order valence-corrected chi connectivity index (χ4v) is 0.728. The SMILES string of the molecule is C.C.C.CN.CNC([C-]=O)CC=O.CNCC([C-]=O)NC.[Y].[Y]. The minimum atomic E-state index is -0.424. The number of nitrogens with two attached hydrogens (primary N) is 1. The summed E-state index contributed by atoms with van der Waals surface area (Å²) < 4.78 is 0. The van der Waals surface area contributed by atoms with E-state index < -0.39 is 6.04 Å². The zero-order valence-corrected chi connectivity index (χ0v) is 18.3. The van der Waals surface area contributed by atoms with Crippen LogP contribution in [0, 0.1) is 0 Å². The summed E-state index contributed by atoms with van der Waals surface area (Å²) in [6.45, 7) is 0.639. The van der Waals surface area contributed by atoms with Crippen molar-refractivity contribution in [3.8, 4) is 0 Å². The number of carbonyl (C=O) groups is 1. The van der Waals surface area contributed by atoms with Crippen molar-refractivity contribution in [2.24, 2.45) is 5.73 Å². The van der Waals surface area contributed by atoms with Gasteiger partial charge >= 0.3 is 0 Å². The molecule has 0 aromatic rings. The normalized spacial score (nSPS) is 9.26. The third-order valence-corrected chi connectivity index (χ3v) is 1.72. The monoisotopic (exact) mass is 486 g/mol. The van der Waals surface area contributed by atoms with Crippen LogP contribution in [-0.2, 0) is 79.8 Å². The number of carbonyl (C=O) groups excluding carboxylic acids is 3. The molecule has 2 atom stereocenters. The molecule has 0 aliphatic heterocycles. The maximum atomic E-state index is 9.90. The Bertz CT molecular complexity index is 203. The molecule has 2 unspecified atom stereocenters. The molecule has 7 nitrogen and oxygen atoms in total. The summed E-state index contributed by atoms with van der Waals surface area (Å²) in [5.41, 5.74) is 4.50. The molecule has 0 aromatic heterocycles. The summed E-state index contributed by atoms with van der Waals surface area (Å²) in [7, 11) is 6.63. The molecule has 0 rings (SSSR count). The van der Waals surface area contributed by atoms with Gasteiger partial charge in [-0.1, -0.05) is 34.4 Å². The fourth-order valence-electron chi connectivity index (χ4n) is 0.728. The zero-order chi connectivity index (χ0) is 14.8. The average Bonchev–Trinajstić information content (AvgIpc) is 2.45. The van der Waals surface area contributed by atoms with Crippen molar-refractivity contribution >= 4 is 18.9 Å². The summed E-state index contributed by atoms with van der Waals surface area (Å²) in [5.74, 6) is 0. The van der Waals surface area contributed by atoms with Crippen molar-refractivity contribution in [1.82, 2.24) is 16.0 Å². The summed E-state index contributed by atoms with van der Waals surface area (Å²) in [4.78, 5) is 29.4. The zero-order valence-electron chi connectivity index (χ0n) is 12.6. The largest absolute Gasteiger partial charge is 0.540 e. The molecule has 0 fully saturated rings. The smallest absolute Gasteiger partial charge is 0.119 e. The molecule has 0 spiro atoms. The number of hydrogen-bond donors (Lipinski definition) is 4. The maximum absolute atomic E-state index is 9.90. The summed E-state index contributed by atoms with van der Waals surface area (Å²) in [6.07, 6.45) is 4.38. The van der Waals surface area contributed by atoms with E-state index in [0.717, 1.165) is 0 Å². The third kappa shape index (κ3) is 45.1. The second kappa shape index (κ2) is 49.5. The molecule has 0 aliphatic rings. The Hall–Kier alpha value is 1.06. The van der Waals surface area contributed by atoms with Crippen LogP contribution in [0.5, 0.6) is 0 Å². The van der Waals surface area contributed by atoms with E-state index in [0.29, 0.717) is 12.8 Å². The Kier molecular flexibility index (Phi) is 107. The van der Waals surface area contributed by atoms with E-state index in [1.54, 1.807) is 27.4 Å². The summed E-state index contributed by atoms with van der Waals surface area (Å²) in [5, 5.41) is 8.21. The van der Waals surface area contributed by atoms with Crippen LogP contribution >= 0.6 is 0 Å². The first-order valence-corrected chi connectivity index (χ1v) is 5.45. The topological polar surface area (TPSA) is 113 Å². The van der Waals surface area contributed by atoms with Crippen molar-refractivity contribution in [2.75, 3.05) is 34.7 Å². The Morgan fingerprint density at radius 1 is 0.913 bits per heavy atom. The molecular formula is C14H36N4O3Y2-2. The van der Waals surface area contributed by atoms with E-state index in [-0.39, 0.29) is 100 Å². The van der Waals surface area contributed by atoms with Gasteiger partial charge < -0.3 is 36.1 Å². The van der Waals surface area contributed by atoms with Crippen LogP contribution in [0.4, 0.5) is 0 Å². The van der Waals surface area contributed by atoms with Gasteiger partial charge in [0, 0.05) is 65.4 Å². The van der Waals surface area contributed by atoms with Gasteiger partial charge in [0.15, 0.2) is 0 Å². The van der Waals surface area contributed by atoms with Crippen LogP contribution < -0.4 is 21.7 Å². The number of nitrogens with one attached hydrogen (secondary N) is 3. The Morgan fingerprint density at radius 2 is 1.26 bits per heavy atom. The van der Waals surface area contributed by atoms with E-state index in [1.807, 2.05) is 6.29 Å².